The number of anilines is 1. The van der Waals surface area contributed by atoms with Crippen molar-refractivity contribution in [3.63, 3.8) is 0 Å². The number of benzene rings is 1. The minimum absolute atomic E-state index is 0.216. The van der Waals surface area contributed by atoms with E-state index in [0.717, 1.165) is 22.3 Å². The lowest BCUT2D eigenvalue weighted by Gasteiger charge is -2.16. The van der Waals surface area contributed by atoms with Crippen molar-refractivity contribution < 1.29 is 0 Å². The first-order chi connectivity index (χ1) is 10.1. The third-order valence-electron chi connectivity index (χ3n) is 3.98. The van der Waals surface area contributed by atoms with E-state index < -0.39 is 0 Å². The smallest absolute Gasteiger partial charge is 0.0703 e. The van der Waals surface area contributed by atoms with Crippen LogP contribution in [0, 0.1) is 13.8 Å². The van der Waals surface area contributed by atoms with Crippen LogP contribution in [0.25, 0.3) is 10.9 Å². The number of hydrogen-bond acceptors (Lipinski definition) is 3. The monoisotopic (exact) mass is 280 g/mol. The van der Waals surface area contributed by atoms with E-state index >= 15 is 0 Å². The Kier molecular flexibility index (Phi) is 3.37. The van der Waals surface area contributed by atoms with Gasteiger partial charge >= 0.3 is 0 Å². The van der Waals surface area contributed by atoms with E-state index in [1.54, 1.807) is 0 Å². The van der Waals surface area contributed by atoms with Gasteiger partial charge in [0.05, 0.1) is 17.3 Å². The van der Waals surface area contributed by atoms with Gasteiger partial charge in [-0.25, -0.2) is 0 Å². The van der Waals surface area contributed by atoms with Crippen LogP contribution in [-0.2, 0) is 7.05 Å². The molecule has 0 saturated carbocycles. The van der Waals surface area contributed by atoms with Gasteiger partial charge in [0.15, 0.2) is 0 Å². The Balaban J connectivity index is 1.90. The van der Waals surface area contributed by atoms with Crippen LogP contribution in [0.15, 0.2) is 36.5 Å². The first-order valence-corrected chi connectivity index (χ1v) is 7.17. The molecule has 1 atom stereocenters. The van der Waals surface area contributed by atoms with Gasteiger partial charge < -0.3 is 5.32 Å². The van der Waals surface area contributed by atoms with Crippen molar-refractivity contribution in [1.29, 1.82) is 0 Å². The highest BCUT2D eigenvalue weighted by Gasteiger charge is 2.16. The lowest BCUT2D eigenvalue weighted by atomic mass is 10.1. The minimum Gasteiger partial charge on any atom is -0.378 e. The molecule has 0 fully saturated rings. The van der Waals surface area contributed by atoms with E-state index in [2.05, 4.69) is 54.4 Å². The van der Waals surface area contributed by atoms with Crippen molar-refractivity contribution in [2.45, 2.75) is 26.8 Å². The zero-order chi connectivity index (χ0) is 15.0. The molecule has 0 saturated heterocycles. The second-order valence-corrected chi connectivity index (χ2v) is 5.49. The number of aryl methyl sites for hydroxylation is 2. The molecular weight excluding hydrogens is 260 g/mol. The van der Waals surface area contributed by atoms with Crippen LogP contribution in [-0.4, -0.2) is 14.8 Å². The van der Waals surface area contributed by atoms with Crippen molar-refractivity contribution in [3.05, 3.63) is 53.5 Å². The first-order valence-electron chi connectivity index (χ1n) is 7.17. The number of rotatable bonds is 3. The molecule has 1 unspecified atom stereocenters. The van der Waals surface area contributed by atoms with Crippen LogP contribution in [0.5, 0.6) is 0 Å². The summed E-state index contributed by atoms with van der Waals surface area (Å²) in [6.07, 6.45) is 1.82. The Morgan fingerprint density at radius 2 is 2.00 bits per heavy atom. The summed E-state index contributed by atoms with van der Waals surface area (Å²) in [6, 6.07) is 10.5. The number of aromatic nitrogens is 3. The number of fused-ring (bicyclic) bond motifs is 1. The van der Waals surface area contributed by atoms with Crippen molar-refractivity contribution >= 4 is 16.6 Å². The summed E-state index contributed by atoms with van der Waals surface area (Å²) in [6.45, 7) is 6.34. The van der Waals surface area contributed by atoms with Gasteiger partial charge in [-0.2, -0.15) is 5.10 Å². The van der Waals surface area contributed by atoms with Gasteiger partial charge in [-0.1, -0.05) is 6.07 Å². The number of nitrogens with one attached hydrogen (secondary N) is 1. The Hall–Kier alpha value is -2.36. The van der Waals surface area contributed by atoms with Gasteiger partial charge in [-0.3, -0.25) is 9.67 Å². The van der Waals surface area contributed by atoms with E-state index in [1.165, 1.54) is 11.3 Å². The van der Waals surface area contributed by atoms with E-state index in [9.17, 15) is 0 Å². The average Bonchev–Trinajstić information content (AvgIpc) is 2.72. The van der Waals surface area contributed by atoms with Crippen LogP contribution in [0.1, 0.15) is 29.9 Å². The Morgan fingerprint density at radius 1 is 1.19 bits per heavy atom. The van der Waals surface area contributed by atoms with Crippen molar-refractivity contribution in [3.8, 4) is 0 Å². The zero-order valence-electron chi connectivity index (χ0n) is 12.9. The molecule has 21 heavy (non-hydrogen) atoms. The average molecular weight is 280 g/mol. The molecule has 1 N–H and O–H groups in total. The van der Waals surface area contributed by atoms with Crippen molar-refractivity contribution in [2.24, 2.45) is 7.05 Å². The highest BCUT2D eigenvalue weighted by Crippen LogP contribution is 2.26. The Morgan fingerprint density at radius 3 is 2.71 bits per heavy atom. The molecule has 4 heteroatoms. The van der Waals surface area contributed by atoms with Gasteiger partial charge in [-0.15, -0.1) is 0 Å². The fourth-order valence-electron chi connectivity index (χ4n) is 2.90. The third kappa shape index (κ3) is 2.49. The molecule has 0 radical (unpaired) electrons. The van der Waals surface area contributed by atoms with Crippen LogP contribution < -0.4 is 5.32 Å². The summed E-state index contributed by atoms with van der Waals surface area (Å²) in [4.78, 5) is 4.35. The summed E-state index contributed by atoms with van der Waals surface area (Å²) < 4.78 is 1.94. The quantitative estimate of drug-likeness (QED) is 0.794. The highest BCUT2D eigenvalue weighted by atomic mass is 15.3. The van der Waals surface area contributed by atoms with Gasteiger partial charge in [0.2, 0.25) is 0 Å². The summed E-state index contributed by atoms with van der Waals surface area (Å²) in [5, 5.41) is 9.20. The molecule has 0 bridgehead atoms. The summed E-state index contributed by atoms with van der Waals surface area (Å²) in [5.41, 5.74) is 5.67. The lowest BCUT2D eigenvalue weighted by molar-refractivity contribution is 0.728. The topological polar surface area (TPSA) is 42.7 Å². The number of pyridine rings is 1. The molecule has 0 aliphatic heterocycles. The largest absolute Gasteiger partial charge is 0.378 e. The highest BCUT2D eigenvalue weighted by molar-refractivity contribution is 5.82. The standard InChI is InChI=1S/C17H20N4/c1-11(17-12(2)20-21(4)13(17)3)19-15-7-8-16-14(10-15)6-5-9-18-16/h5-11,19H,1-4H3. The van der Waals surface area contributed by atoms with Crippen LogP contribution in [0.2, 0.25) is 0 Å². The van der Waals surface area contributed by atoms with E-state index in [1.807, 2.05) is 30.1 Å². The predicted molar refractivity (Wildman–Crippen MR) is 86.5 cm³/mol. The molecular formula is C17H20N4. The van der Waals surface area contributed by atoms with Crippen molar-refractivity contribution in [2.75, 3.05) is 5.32 Å². The van der Waals surface area contributed by atoms with Gasteiger partial charge in [0.25, 0.3) is 0 Å². The molecule has 0 aliphatic rings. The number of hydrogen-bond donors (Lipinski definition) is 1. The maximum Gasteiger partial charge on any atom is 0.0703 e. The van der Waals surface area contributed by atoms with E-state index in [-0.39, 0.29) is 6.04 Å². The Labute approximate surface area is 124 Å². The summed E-state index contributed by atoms with van der Waals surface area (Å²) in [5.74, 6) is 0. The molecule has 0 aliphatic carbocycles. The summed E-state index contributed by atoms with van der Waals surface area (Å²) >= 11 is 0. The molecule has 0 amide bonds. The second kappa shape index (κ2) is 5.20. The molecule has 3 rings (SSSR count). The van der Waals surface area contributed by atoms with E-state index in [4.69, 9.17) is 0 Å². The van der Waals surface area contributed by atoms with Crippen LogP contribution >= 0.6 is 0 Å². The molecule has 1 aromatic carbocycles. The summed E-state index contributed by atoms with van der Waals surface area (Å²) in [7, 11) is 1.99. The first kappa shape index (κ1) is 13.6. The lowest BCUT2D eigenvalue weighted by Crippen LogP contribution is -2.09. The van der Waals surface area contributed by atoms with Crippen LogP contribution in [0.4, 0.5) is 5.69 Å². The van der Waals surface area contributed by atoms with Gasteiger partial charge in [0.1, 0.15) is 0 Å². The second-order valence-electron chi connectivity index (χ2n) is 5.49. The Bertz CT molecular complexity index is 789. The normalized spacial score (nSPS) is 12.6. The van der Waals surface area contributed by atoms with Gasteiger partial charge in [0, 0.05) is 35.6 Å². The molecule has 3 aromatic rings. The van der Waals surface area contributed by atoms with Crippen LogP contribution in [0.3, 0.4) is 0 Å². The molecule has 4 nitrogen and oxygen atoms in total. The maximum absolute atomic E-state index is 4.49. The number of nitrogens with zero attached hydrogens (tertiary/aromatic N) is 3. The zero-order valence-corrected chi connectivity index (χ0v) is 12.9. The maximum atomic E-state index is 4.49. The van der Waals surface area contributed by atoms with Gasteiger partial charge in [-0.05, 0) is 45.0 Å². The third-order valence-corrected chi connectivity index (χ3v) is 3.98. The molecule has 0 spiro atoms. The van der Waals surface area contributed by atoms with Crippen molar-refractivity contribution in [1.82, 2.24) is 14.8 Å². The minimum atomic E-state index is 0.216. The fraction of sp³-hybridized carbons (Fsp3) is 0.294. The van der Waals surface area contributed by atoms with E-state index in [0.29, 0.717) is 0 Å². The molecule has 108 valence electrons. The molecule has 2 heterocycles. The fourth-order valence-corrected chi connectivity index (χ4v) is 2.90. The predicted octanol–water partition coefficient (Wildman–Crippen LogP) is 3.76. The SMILES string of the molecule is Cc1nn(C)c(C)c1C(C)Nc1ccc2ncccc2c1. The molecule has 2 aromatic heterocycles.